The lowest BCUT2D eigenvalue weighted by Gasteiger charge is -2.17. The summed E-state index contributed by atoms with van der Waals surface area (Å²) in [7, 11) is 3.33. The van der Waals surface area contributed by atoms with E-state index in [4.69, 9.17) is 4.74 Å². The van der Waals surface area contributed by atoms with E-state index in [2.05, 4.69) is 0 Å². The molecule has 1 N–H and O–H groups in total. The molecule has 0 saturated carbocycles. The molecule has 1 amide bonds. The van der Waals surface area contributed by atoms with Crippen LogP contribution in [0, 0.1) is 0 Å². The van der Waals surface area contributed by atoms with Crippen molar-refractivity contribution in [1.82, 2.24) is 4.90 Å². The maximum atomic E-state index is 11.0. The Hall–Kier alpha value is -1.55. The lowest BCUT2D eigenvalue weighted by Crippen LogP contribution is -2.26. The van der Waals surface area contributed by atoms with Crippen LogP contribution in [-0.2, 0) is 4.79 Å². The summed E-state index contributed by atoms with van der Waals surface area (Å²) in [5.74, 6) is 0.772. The molecule has 0 saturated heterocycles. The molecule has 1 aromatic rings. The molecule has 0 spiro atoms. The van der Waals surface area contributed by atoms with Crippen molar-refractivity contribution in [3.05, 3.63) is 29.8 Å². The smallest absolute Gasteiger partial charge is 0.219 e. The number of aliphatic hydroxyl groups is 1. The van der Waals surface area contributed by atoms with Crippen LogP contribution in [0.5, 0.6) is 5.75 Å². The van der Waals surface area contributed by atoms with Gasteiger partial charge in [0.15, 0.2) is 0 Å². The Bertz CT molecular complexity index is 361. The molecule has 0 aromatic heterocycles. The Balaban J connectivity index is 2.51. The van der Waals surface area contributed by atoms with E-state index in [1.165, 1.54) is 6.92 Å². The fourth-order valence-electron chi connectivity index (χ4n) is 1.47. The molecule has 0 fully saturated rings. The molecule has 17 heavy (non-hydrogen) atoms. The van der Waals surface area contributed by atoms with Crippen LogP contribution in [0.4, 0.5) is 0 Å². The molecule has 0 heterocycles. The monoisotopic (exact) mass is 237 g/mol. The van der Waals surface area contributed by atoms with Gasteiger partial charge in [0.2, 0.25) is 5.91 Å². The van der Waals surface area contributed by atoms with Crippen LogP contribution in [0.2, 0.25) is 0 Å². The maximum absolute atomic E-state index is 11.0. The summed E-state index contributed by atoms with van der Waals surface area (Å²) in [6.45, 7) is 2.06. The van der Waals surface area contributed by atoms with E-state index >= 15 is 0 Å². The zero-order chi connectivity index (χ0) is 12.8. The average molecular weight is 237 g/mol. The zero-order valence-corrected chi connectivity index (χ0v) is 10.5. The number of amides is 1. The van der Waals surface area contributed by atoms with Crippen LogP contribution in [-0.4, -0.2) is 36.6 Å². The number of aliphatic hydroxyl groups excluding tert-OH is 1. The largest absolute Gasteiger partial charge is 0.497 e. The first-order valence-electron chi connectivity index (χ1n) is 5.58. The van der Waals surface area contributed by atoms with Gasteiger partial charge < -0.3 is 14.7 Å². The average Bonchev–Trinajstić information content (AvgIpc) is 2.35. The minimum Gasteiger partial charge on any atom is -0.497 e. The molecule has 94 valence electrons. The molecule has 0 aliphatic rings. The van der Waals surface area contributed by atoms with E-state index in [0.29, 0.717) is 13.0 Å². The third-order valence-electron chi connectivity index (χ3n) is 2.78. The minimum absolute atomic E-state index is 0.00642. The van der Waals surface area contributed by atoms with Gasteiger partial charge in [0, 0.05) is 20.5 Å². The summed E-state index contributed by atoms with van der Waals surface area (Å²) in [5, 5.41) is 9.94. The maximum Gasteiger partial charge on any atom is 0.219 e. The Morgan fingerprint density at radius 3 is 2.47 bits per heavy atom. The van der Waals surface area contributed by atoms with Gasteiger partial charge in [-0.3, -0.25) is 4.79 Å². The Morgan fingerprint density at radius 1 is 1.41 bits per heavy atom. The first-order valence-corrected chi connectivity index (χ1v) is 5.58. The Morgan fingerprint density at radius 2 is 2.00 bits per heavy atom. The van der Waals surface area contributed by atoms with Crippen LogP contribution >= 0.6 is 0 Å². The number of ether oxygens (including phenoxy) is 1. The number of carbonyl (C=O) groups is 1. The molecule has 4 nitrogen and oxygen atoms in total. The second-order valence-electron chi connectivity index (χ2n) is 4.02. The highest BCUT2D eigenvalue weighted by molar-refractivity contribution is 5.72. The number of carbonyl (C=O) groups excluding carboxylic acids is 1. The molecule has 0 unspecified atom stereocenters. The van der Waals surface area contributed by atoms with Gasteiger partial charge in [-0.15, -0.1) is 0 Å². The second-order valence-corrected chi connectivity index (χ2v) is 4.02. The van der Waals surface area contributed by atoms with Gasteiger partial charge >= 0.3 is 0 Å². The van der Waals surface area contributed by atoms with Gasteiger partial charge in [-0.25, -0.2) is 0 Å². The van der Waals surface area contributed by atoms with E-state index in [9.17, 15) is 9.90 Å². The van der Waals surface area contributed by atoms with Crippen LogP contribution in [0.1, 0.15) is 25.0 Å². The summed E-state index contributed by atoms with van der Waals surface area (Å²) >= 11 is 0. The summed E-state index contributed by atoms with van der Waals surface area (Å²) in [5.41, 5.74) is 0.836. The van der Waals surface area contributed by atoms with Gasteiger partial charge in [0.25, 0.3) is 0 Å². The van der Waals surface area contributed by atoms with Crippen molar-refractivity contribution >= 4 is 5.91 Å². The number of nitrogens with zero attached hydrogens (tertiary/aromatic N) is 1. The number of hydrogen-bond donors (Lipinski definition) is 1. The fourth-order valence-corrected chi connectivity index (χ4v) is 1.47. The molecule has 1 atom stereocenters. The first kappa shape index (κ1) is 13.5. The highest BCUT2D eigenvalue weighted by Gasteiger charge is 2.10. The minimum atomic E-state index is -0.553. The molecule has 4 heteroatoms. The lowest BCUT2D eigenvalue weighted by atomic mass is 10.1. The molecule has 0 bridgehead atoms. The zero-order valence-electron chi connectivity index (χ0n) is 10.5. The second kappa shape index (κ2) is 6.25. The van der Waals surface area contributed by atoms with E-state index in [-0.39, 0.29) is 5.91 Å². The number of rotatable bonds is 5. The first-order chi connectivity index (χ1) is 8.04. The Labute approximate surface area is 102 Å². The molecule has 1 rings (SSSR count). The number of hydrogen-bond acceptors (Lipinski definition) is 3. The lowest BCUT2D eigenvalue weighted by molar-refractivity contribution is -0.127. The highest BCUT2D eigenvalue weighted by Crippen LogP contribution is 2.20. The fraction of sp³-hybridized carbons (Fsp3) is 0.462. The molecule has 0 aliphatic carbocycles. The predicted octanol–water partition coefficient (Wildman–Crippen LogP) is 1.60. The Kier molecular flexibility index (Phi) is 4.97. The van der Waals surface area contributed by atoms with Crippen LogP contribution < -0.4 is 4.74 Å². The molecular formula is C13H19NO3. The van der Waals surface area contributed by atoms with E-state index in [1.807, 2.05) is 24.3 Å². The number of benzene rings is 1. The van der Waals surface area contributed by atoms with Gasteiger partial charge in [-0.2, -0.15) is 0 Å². The summed E-state index contributed by atoms with van der Waals surface area (Å²) in [6.07, 6.45) is -0.0229. The van der Waals surface area contributed by atoms with Crippen molar-refractivity contribution < 1.29 is 14.6 Å². The SMILES string of the molecule is COc1ccc([C@@H](O)CCN(C)C(C)=O)cc1. The van der Waals surface area contributed by atoms with Crippen molar-refractivity contribution in [1.29, 1.82) is 0 Å². The standard InChI is InChI=1S/C13H19NO3/c1-10(15)14(2)9-8-13(16)11-4-6-12(17-3)7-5-11/h4-7,13,16H,8-9H2,1-3H3/t13-/m0/s1. The van der Waals surface area contributed by atoms with Crippen LogP contribution in [0.25, 0.3) is 0 Å². The molecule has 1 aromatic carbocycles. The third-order valence-corrected chi connectivity index (χ3v) is 2.78. The highest BCUT2D eigenvalue weighted by atomic mass is 16.5. The quantitative estimate of drug-likeness (QED) is 0.846. The molecule has 0 radical (unpaired) electrons. The van der Waals surface area contributed by atoms with Crippen molar-refractivity contribution in [3.8, 4) is 5.75 Å². The van der Waals surface area contributed by atoms with Gasteiger partial charge in [-0.1, -0.05) is 12.1 Å². The van der Waals surface area contributed by atoms with Crippen LogP contribution in [0.3, 0.4) is 0 Å². The van der Waals surface area contributed by atoms with Gasteiger partial charge in [-0.05, 0) is 24.1 Å². The number of methoxy groups -OCH3 is 1. The van der Waals surface area contributed by atoms with Crippen LogP contribution in [0.15, 0.2) is 24.3 Å². The van der Waals surface area contributed by atoms with Crippen molar-refractivity contribution in [2.45, 2.75) is 19.4 Å². The molecule has 0 aliphatic heterocycles. The summed E-state index contributed by atoms with van der Waals surface area (Å²) < 4.78 is 5.04. The third kappa shape index (κ3) is 4.07. The summed E-state index contributed by atoms with van der Waals surface area (Å²) in [4.78, 5) is 12.6. The summed E-state index contributed by atoms with van der Waals surface area (Å²) in [6, 6.07) is 7.29. The van der Waals surface area contributed by atoms with Crippen molar-refractivity contribution in [3.63, 3.8) is 0 Å². The van der Waals surface area contributed by atoms with Crippen molar-refractivity contribution in [2.75, 3.05) is 20.7 Å². The van der Waals surface area contributed by atoms with E-state index in [1.54, 1.807) is 19.1 Å². The van der Waals surface area contributed by atoms with Gasteiger partial charge in [0.05, 0.1) is 13.2 Å². The van der Waals surface area contributed by atoms with E-state index in [0.717, 1.165) is 11.3 Å². The normalized spacial score (nSPS) is 12.0. The topological polar surface area (TPSA) is 49.8 Å². The van der Waals surface area contributed by atoms with Gasteiger partial charge in [0.1, 0.15) is 5.75 Å². The molecular weight excluding hydrogens is 218 g/mol. The van der Waals surface area contributed by atoms with E-state index < -0.39 is 6.10 Å². The predicted molar refractivity (Wildman–Crippen MR) is 65.9 cm³/mol. The van der Waals surface area contributed by atoms with Crippen molar-refractivity contribution in [2.24, 2.45) is 0 Å².